The first-order valence-electron chi connectivity index (χ1n) is 9.56. The lowest BCUT2D eigenvalue weighted by Gasteiger charge is -2.31. The number of carbonyl (C=O) groups excluding carboxylic acids is 1. The molecule has 2 aromatic carbocycles. The molecule has 0 radical (unpaired) electrons. The summed E-state index contributed by atoms with van der Waals surface area (Å²) in [5.41, 5.74) is -7.31. The molecule has 0 atom stereocenters. The number of halogens is 7. The third-order valence-electron chi connectivity index (χ3n) is 4.63. The van der Waals surface area contributed by atoms with E-state index in [-0.39, 0.29) is 28.3 Å². The Morgan fingerprint density at radius 2 is 1.47 bits per heavy atom. The summed E-state index contributed by atoms with van der Waals surface area (Å²) in [5.74, 6) is 0.0112. The molecule has 0 aliphatic carbocycles. The maximum atomic E-state index is 14.4. The normalized spacial score (nSPS) is 12.8. The van der Waals surface area contributed by atoms with Crippen molar-refractivity contribution in [3.8, 4) is 5.75 Å². The highest BCUT2D eigenvalue weighted by Gasteiger charge is 2.73. The van der Waals surface area contributed by atoms with Crippen molar-refractivity contribution in [3.05, 3.63) is 58.7 Å². The maximum absolute atomic E-state index is 14.4. The second-order valence-electron chi connectivity index (χ2n) is 7.83. The fourth-order valence-corrected chi connectivity index (χ4v) is 3.02. The predicted molar refractivity (Wildman–Crippen MR) is 106 cm³/mol. The predicted octanol–water partition coefficient (Wildman–Crippen LogP) is 6.88. The van der Waals surface area contributed by atoms with Crippen molar-refractivity contribution in [2.24, 2.45) is 5.92 Å². The maximum Gasteiger partial charge on any atom is 0.435 e. The van der Waals surface area contributed by atoms with Crippen LogP contribution < -0.4 is 10.1 Å². The number of hydrogen-bond acceptors (Lipinski definition) is 2. The van der Waals surface area contributed by atoms with Gasteiger partial charge in [-0.25, -0.2) is 4.39 Å². The van der Waals surface area contributed by atoms with E-state index in [4.69, 9.17) is 4.74 Å². The fourth-order valence-electron chi connectivity index (χ4n) is 3.02. The number of hydrogen-bond donors (Lipinski definition) is 1. The smallest absolute Gasteiger partial charge is 0.435 e. The summed E-state index contributed by atoms with van der Waals surface area (Å²) in [6.45, 7) is 6.65. The molecule has 0 aliphatic heterocycles. The largest absolute Gasteiger partial charge is 0.493 e. The van der Waals surface area contributed by atoms with Gasteiger partial charge >= 0.3 is 18.0 Å². The van der Waals surface area contributed by atoms with Gasteiger partial charge in [0.25, 0.3) is 5.91 Å². The third-order valence-corrected chi connectivity index (χ3v) is 4.63. The first-order valence-corrected chi connectivity index (χ1v) is 9.56. The lowest BCUT2D eigenvalue weighted by atomic mass is 9.90. The lowest BCUT2D eigenvalue weighted by molar-refractivity contribution is -0.348. The van der Waals surface area contributed by atoms with E-state index in [2.05, 4.69) is 5.32 Å². The Labute approximate surface area is 180 Å². The topological polar surface area (TPSA) is 38.3 Å². The lowest BCUT2D eigenvalue weighted by Crippen LogP contribution is -2.50. The Bertz CT molecular complexity index is 944. The van der Waals surface area contributed by atoms with Gasteiger partial charge in [-0.3, -0.25) is 4.79 Å². The minimum absolute atomic E-state index is 0.0149. The van der Waals surface area contributed by atoms with Crippen molar-refractivity contribution in [2.45, 2.75) is 45.7 Å². The third kappa shape index (κ3) is 5.16. The summed E-state index contributed by atoms with van der Waals surface area (Å²) in [6, 6.07) is 7.00. The molecule has 2 rings (SSSR count). The average molecular weight is 465 g/mol. The standard InChI is InChI=1S/C22H22F7NO2/c1-12(2)11-32-17-7-5-6-15(10-17)19(31)30-18-13(3)8-16(9-14(18)4)20(23,21(24,25)26)22(27,28)29/h5-10,12H,11H2,1-4H3,(H,30,31). The van der Waals surface area contributed by atoms with Gasteiger partial charge in [-0.2, -0.15) is 26.3 Å². The van der Waals surface area contributed by atoms with Gasteiger partial charge in [0.1, 0.15) is 5.75 Å². The molecule has 1 amide bonds. The van der Waals surface area contributed by atoms with E-state index in [9.17, 15) is 35.5 Å². The van der Waals surface area contributed by atoms with E-state index in [0.717, 1.165) is 0 Å². The van der Waals surface area contributed by atoms with Gasteiger partial charge in [0.15, 0.2) is 0 Å². The Hall–Kier alpha value is -2.78. The summed E-state index contributed by atoms with van der Waals surface area (Å²) < 4.78 is 98.2. The molecule has 0 bridgehead atoms. The number of amides is 1. The Kier molecular flexibility index (Phi) is 7.16. The highest BCUT2D eigenvalue weighted by Crippen LogP contribution is 2.53. The number of rotatable bonds is 6. The van der Waals surface area contributed by atoms with E-state index < -0.39 is 29.5 Å². The monoisotopic (exact) mass is 465 g/mol. The zero-order valence-electron chi connectivity index (χ0n) is 17.7. The molecule has 0 saturated carbocycles. The van der Waals surface area contributed by atoms with Crippen molar-refractivity contribution in [2.75, 3.05) is 11.9 Å². The summed E-state index contributed by atoms with van der Waals surface area (Å²) in [7, 11) is 0. The molecule has 32 heavy (non-hydrogen) atoms. The fraction of sp³-hybridized carbons (Fsp3) is 0.409. The molecule has 0 spiro atoms. The van der Waals surface area contributed by atoms with E-state index in [1.807, 2.05) is 13.8 Å². The van der Waals surface area contributed by atoms with Crippen molar-refractivity contribution in [3.63, 3.8) is 0 Å². The van der Waals surface area contributed by atoms with Crippen LogP contribution in [0.3, 0.4) is 0 Å². The first-order chi connectivity index (χ1) is 14.6. The van der Waals surface area contributed by atoms with Crippen molar-refractivity contribution in [1.29, 1.82) is 0 Å². The molecule has 1 N–H and O–H groups in total. The molecule has 0 heterocycles. The number of alkyl halides is 7. The zero-order chi connectivity index (χ0) is 24.5. The van der Waals surface area contributed by atoms with Crippen molar-refractivity contribution in [1.82, 2.24) is 0 Å². The van der Waals surface area contributed by atoms with Gasteiger partial charge in [-0.05, 0) is 49.1 Å². The quantitative estimate of drug-likeness (QED) is 0.473. The Morgan fingerprint density at radius 3 is 1.94 bits per heavy atom. The van der Waals surface area contributed by atoms with E-state index in [1.54, 1.807) is 12.1 Å². The van der Waals surface area contributed by atoms with Gasteiger partial charge in [0, 0.05) is 16.8 Å². The van der Waals surface area contributed by atoms with Crippen LogP contribution in [-0.2, 0) is 5.67 Å². The van der Waals surface area contributed by atoms with E-state index >= 15 is 0 Å². The molecule has 2 aromatic rings. The van der Waals surface area contributed by atoms with Crippen LogP contribution in [0.1, 0.15) is 40.9 Å². The number of carbonyl (C=O) groups is 1. The van der Waals surface area contributed by atoms with Gasteiger partial charge in [-0.15, -0.1) is 0 Å². The number of benzene rings is 2. The zero-order valence-corrected chi connectivity index (χ0v) is 17.7. The second kappa shape index (κ2) is 8.99. The number of ether oxygens (including phenoxy) is 1. The van der Waals surface area contributed by atoms with Gasteiger partial charge in [0.05, 0.1) is 6.61 Å². The molecular weight excluding hydrogens is 443 g/mol. The van der Waals surface area contributed by atoms with Crippen LogP contribution in [0, 0.1) is 19.8 Å². The van der Waals surface area contributed by atoms with E-state index in [0.29, 0.717) is 24.5 Å². The van der Waals surface area contributed by atoms with Crippen LogP contribution in [0.4, 0.5) is 36.4 Å². The molecule has 0 fully saturated rings. The van der Waals surface area contributed by atoms with Crippen molar-refractivity contribution >= 4 is 11.6 Å². The minimum Gasteiger partial charge on any atom is -0.493 e. The molecular formula is C22H22F7NO2. The highest BCUT2D eigenvalue weighted by atomic mass is 19.4. The minimum atomic E-state index is -6.22. The van der Waals surface area contributed by atoms with E-state index in [1.165, 1.54) is 26.0 Å². The number of aryl methyl sites for hydroxylation is 2. The first kappa shape index (κ1) is 25.5. The van der Waals surface area contributed by atoms with Crippen LogP contribution in [0.5, 0.6) is 5.75 Å². The Morgan fingerprint density at radius 1 is 0.938 bits per heavy atom. The molecule has 0 aromatic heterocycles. The van der Waals surface area contributed by atoms with Gasteiger partial charge < -0.3 is 10.1 Å². The second-order valence-corrected chi connectivity index (χ2v) is 7.83. The SMILES string of the molecule is Cc1cc(C(F)(C(F)(F)F)C(F)(F)F)cc(C)c1NC(=O)c1cccc(OCC(C)C)c1. The Balaban J connectivity index is 2.38. The molecule has 10 heteroatoms. The van der Waals surface area contributed by atoms with Crippen LogP contribution in [0.2, 0.25) is 0 Å². The molecule has 0 saturated heterocycles. The average Bonchev–Trinajstić information content (AvgIpc) is 2.66. The number of nitrogens with one attached hydrogen (secondary N) is 1. The highest BCUT2D eigenvalue weighted by molar-refractivity contribution is 6.05. The van der Waals surface area contributed by atoms with Gasteiger partial charge in [-0.1, -0.05) is 32.0 Å². The molecule has 0 unspecified atom stereocenters. The van der Waals surface area contributed by atoms with Gasteiger partial charge in [0.2, 0.25) is 0 Å². The summed E-state index contributed by atoms with van der Waals surface area (Å²) in [6.07, 6.45) is -12.4. The van der Waals surface area contributed by atoms with Crippen LogP contribution in [0.25, 0.3) is 0 Å². The summed E-state index contributed by atoms with van der Waals surface area (Å²) in [5, 5.41) is 2.46. The van der Waals surface area contributed by atoms with Crippen molar-refractivity contribution < 1.29 is 40.3 Å². The van der Waals surface area contributed by atoms with Crippen LogP contribution >= 0.6 is 0 Å². The van der Waals surface area contributed by atoms with Crippen LogP contribution in [-0.4, -0.2) is 24.9 Å². The molecule has 176 valence electrons. The summed E-state index contributed by atoms with van der Waals surface area (Å²) >= 11 is 0. The van der Waals surface area contributed by atoms with Crippen LogP contribution in [0.15, 0.2) is 36.4 Å². The number of anilines is 1. The summed E-state index contributed by atoms with van der Waals surface area (Å²) in [4.78, 5) is 12.6. The molecule has 3 nitrogen and oxygen atoms in total. The molecule has 0 aliphatic rings.